The van der Waals surface area contributed by atoms with Crippen molar-refractivity contribution >= 4 is 11.2 Å². The lowest BCUT2D eigenvalue weighted by atomic mass is 9.99. The third-order valence-corrected chi connectivity index (χ3v) is 5.41. The Balaban J connectivity index is 1.33. The zero-order valence-electron chi connectivity index (χ0n) is 16.4. The fourth-order valence-electron chi connectivity index (χ4n) is 3.74. The summed E-state index contributed by atoms with van der Waals surface area (Å²) in [7, 11) is 1.74. The predicted molar refractivity (Wildman–Crippen MR) is 103 cm³/mol. The molecule has 3 aromatic heterocycles. The van der Waals surface area contributed by atoms with Gasteiger partial charge in [0.1, 0.15) is 18.7 Å². The Morgan fingerprint density at radius 1 is 1.27 bits per heavy atom. The molecule has 0 saturated carbocycles. The Morgan fingerprint density at radius 2 is 2.10 bits per heavy atom. The van der Waals surface area contributed by atoms with E-state index in [-0.39, 0.29) is 29.9 Å². The Morgan fingerprint density at radius 3 is 2.93 bits per heavy atom. The Labute approximate surface area is 170 Å². The van der Waals surface area contributed by atoms with Gasteiger partial charge in [-0.3, -0.25) is 9.36 Å². The molecular weight excluding hydrogens is 391 g/mol. The van der Waals surface area contributed by atoms with Crippen LogP contribution in [-0.2, 0) is 18.3 Å². The van der Waals surface area contributed by atoms with E-state index in [0.717, 1.165) is 5.56 Å². The van der Waals surface area contributed by atoms with Crippen LogP contribution in [0.5, 0.6) is 0 Å². The van der Waals surface area contributed by atoms with Crippen molar-refractivity contribution in [2.24, 2.45) is 7.05 Å². The van der Waals surface area contributed by atoms with Crippen molar-refractivity contribution in [1.82, 2.24) is 29.2 Å². The number of aromatic nitrogens is 6. The third kappa shape index (κ3) is 3.18. The molecule has 1 aromatic carbocycles. The maximum atomic E-state index is 13.5. The summed E-state index contributed by atoms with van der Waals surface area (Å²) in [6.07, 6.45) is 3.50. The quantitative estimate of drug-likeness (QED) is 0.509. The molecular formula is C20H19FN6O3. The highest BCUT2D eigenvalue weighted by Gasteiger charge is 2.31. The van der Waals surface area contributed by atoms with Gasteiger partial charge in [0, 0.05) is 13.0 Å². The zero-order chi connectivity index (χ0) is 20.8. The highest BCUT2D eigenvalue weighted by Crippen LogP contribution is 2.37. The SMILES string of the molecule is Cc1cc([C@H]2C[C@H](c3noc(Cn4cnc5ncn(C)c5c4=O)n3)CO2)ccc1F. The molecule has 30 heavy (non-hydrogen) atoms. The largest absolute Gasteiger partial charge is 0.373 e. The second-order valence-corrected chi connectivity index (χ2v) is 7.51. The summed E-state index contributed by atoms with van der Waals surface area (Å²) in [4.78, 5) is 25.4. The summed E-state index contributed by atoms with van der Waals surface area (Å²) in [6.45, 7) is 2.30. The highest BCUT2D eigenvalue weighted by molar-refractivity contribution is 5.68. The lowest BCUT2D eigenvalue weighted by molar-refractivity contribution is 0.110. The average molecular weight is 410 g/mol. The molecule has 0 aliphatic carbocycles. The summed E-state index contributed by atoms with van der Waals surface area (Å²) >= 11 is 0. The smallest absolute Gasteiger partial charge is 0.280 e. The standard InChI is InChI=1S/C20H19FN6O3/c1-11-5-12(3-4-14(11)21)15-6-13(8-29-15)18-24-16(30-25-18)7-27-10-23-19-17(20(27)28)26(2)9-22-19/h3-5,9-10,13,15H,6-8H2,1-2H3/t13-,15+/m0/s1. The third-order valence-electron chi connectivity index (χ3n) is 5.41. The zero-order valence-corrected chi connectivity index (χ0v) is 16.4. The van der Waals surface area contributed by atoms with Crippen LogP contribution in [0.2, 0.25) is 0 Å². The van der Waals surface area contributed by atoms with Gasteiger partial charge in [-0.15, -0.1) is 0 Å². The van der Waals surface area contributed by atoms with E-state index in [4.69, 9.17) is 9.26 Å². The van der Waals surface area contributed by atoms with Gasteiger partial charge >= 0.3 is 0 Å². The van der Waals surface area contributed by atoms with Gasteiger partial charge in [-0.2, -0.15) is 4.98 Å². The number of aryl methyl sites for hydroxylation is 2. The maximum Gasteiger partial charge on any atom is 0.280 e. The molecule has 1 saturated heterocycles. The van der Waals surface area contributed by atoms with Gasteiger partial charge in [-0.05, 0) is 30.5 Å². The first-order valence-electron chi connectivity index (χ1n) is 9.56. The number of imidazole rings is 1. The minimum atomic E-state index is -0.231. The van der Waals surface area contributed by atoms with Crippen molar-refractivity contribution in [3.05, 3.63) is 69.9 Å². The van der Waals surface area contributed by atoms with Gasteiger partial charge in [-0.1, -0.05) is 17.3 Å². The van der Waals surface area contributed by atoms with E-state index >= 15 is 0 Å². The maximum absolute atomic E-state index is 13.5. The number of nitrogens with zero attached hydrogens (tertiary/aromatic N) is 6. The Kier molecular flexibility index (Phi) is 4.43. The van der Waals surface area contributed by atoms with Crippen molar-refractivity contribution in [1.29, 1.82) is 0 Å². The number of halogens is 1. The fourth-order valence-corrected chi connectivity index (χ4v) is 3.74. The first-order valence-corrected chi connectivity index (χ1v) is 9.56. The van der Waals surface area contributed by atoms with Crippen LogP contribution in [0.1, 0.15) is 41.3 Å². The average Bonchev–Trinajstić information content (AvgIpc) is 3.46. The van der Waals surface area contributed by atoms with Crippen molar-refractivity contribution < 1.29 is 13.7 Å². The van der Waals surface area contributed by atoms with Gasteiger partial charge < -0.3 is 13.8 Å². The number of hydrogen-bond donors (Lipinski definition) is 0. The van der Waals surface area contributed by atoms with E-state index in [1.807, 2.05) is 0 Å². The number of ether oxygens (including phenoxy) is 1. The van der Waals surface area contributed by atoms with E-state index in [2.05, 4.69) is 20.1 Å². The van der Waals surface area contributed by atoms with E-state index in [1.54, 1.807) is 37.0 Å². The molecule has 4 heterocycles. The molecule has 0 bridgehead atoms. The van der Waals surface area contributed by atoms with Crippen LogP contribution in [0.3, 0.4) is 0 Å². The van der Waals surface area contributed by atoms with E-state index < -0.39 is 0 Å². The summed E-state index contributed by atoms with van der Waals surface area (Å²) in [6, 6.07) is 5.00. The molecule has 10 heteroatoms. The summed E-state index contributed by atoms with van der Waals surface area (Å²) in [5, 5.41) is 4.07. The first kappa shape index (κ1) is 18.6. The molecule has 0 radical (unpaired) electrons. The van der Waals surface area contributed by atoms with E-state index in [1.165, 1.54) is 17.0 Å². The molecule has 0 unspecified atom stereocenters. The molecule has 0 spiro atoms. The lowest BCUT2D eigenvalue weighted by Crippen LogP contribution is -2.22. The van der Waals surface area contributed by atoms with Gasteiger partial charge in [0.2, 0.25) is 5.89 Å². The Bertz CT molecular complexity index is 1290. The van der Waals surface area contributed by atoms with Crippen LogP contribution in [0, 0.1) is 12.7 Å². The van der Waals surface area contributed by atoms with E-state index in [0.29, 0.717) is 41.5 Å². The topological polar surface area (TPSA) is 101 Å². The van der Waals surface area contributed by atoms with Crippen LogP contribution >= 0.6 is 0 Å². The van der Waals surface area contributed by atoms with Crippen LogP contribution in [0.4, 0.5) is 4.39 Å². The minimum absolute atomic E-state index is 0.0349. The monoisotopic (exact) mass is 410 g/mol. The predicted octanol–water partition coefficient (Wildman–Crippen LogP) is 2.25. The van der Waals surface area contributed by atoms with Crippen LogP contribution in [-0.4, -0.2) is 35.8 Å². The summed E-state index contributed by atoms with van der Waals surface area (Å²) in [5.41, 5.74) is 2.11. The van der Waals surface area contributed by atoms with Crippen molar-refractivity contribution in [3.63, 3.8) is 0 Å². The molecule has 4 aromatic rings. The van der Waals surface area contributed by atoms with Crippen LogP contribution < -0.4 is 5.56 Å². The molecule has 2 atom stereocenters. The summed E-state index contributed by atoms with van der Waals surface area (Å²) < 4.78 is 27.8. The molecule has 1 aliphatic heterocycles. The minimum Gasteiger partial charge on any atom is -0.373 e. The summed E-state index contributed by atoms with van der Waals surface area (Å²) in [5.74, 6) is 0.586. The molecule has 154 valence electrons. The van der Waals surface area contributed by atoms with Crippen LogP contribution in [0.25, 0.3) is 11.2 Å². The number of benzene rings is 1. The normalized spacial score (nSPS) is 19.0. The lowest BCUT2D eigenvalue weighted by Gasteiger charge is -2.10. The van der Waals surface area contributed by atoms with Gasteiger partial charge in [0.25, 0.3) is 5.56 Å². The van der Waals surface area contributed by atoms with Crippen LogP contribution in [0.15, 0.2) is 40.2 Å². The number of hydrogen-bond acceptors (Lipinski definition) is 7. The van der Waals surface area contributed by atoms with E-state index in [9.17, 15) is 9.18 Å². The van der Waals surface area contributed by atoms with Gasteiger partial charge in [-0.25, -0.2) is 14.4 Å². The first-order chi connectivity index (χ1) is 14.5. The molecule has 9 nitrogen and oxygen atoms in total. The highest BCUT2D eigenvalue weighted by atomic mass is 19.1. The Hall–Kier alpha value is -3.40. The molecule has 1 aliphatic rings. The second-order valence-electron chi connectivity index (χ2n) is 7.51. The van der Waals surface area contributed by atoms with Crippen molar-refractivity contribution in [2.75, 3.05) is 6.61 Å². The van der Waals surface area contributed by atoms with Gasteiger partial charge in [0.15, 0.2) is 17.0 Å². The molecule has 5 rings (SSSR count). The molecule has 0 amide bonds. The van der Waals surface area contributed by atoms with Crippen molar-refractivity contribution in [2.45, 2.75) is 31.9 Å². The number of rotatable bonds is 4. The number of fused-ring (bicyclic) bond motifs is 1. The second kappa shape index (κ2) is 7.13. The van der Waals surface area contributed by atoms with Gasteiger partial charge in [0.05, 0.1) is 19.0 Å². The molecule has 0 N–H and O–H groups in total. The fraction of sp³-hybridized carbons (Fsp3) is 0.350. The molecule has 1 fully saturated rings. The van der Waals surface area contributed by atoms with Crippen molar-refractivity contribution in [3.8, 4) is 0 Å².